The van der Waals surface area contributed by atoms with Gasteiger partial charge in [-0.05, 0) is 27.7 Å². The van der Waals surface area contributed by atoms with Crippen LogP contribution >= 0.6 is 11.3 Å². The third kappa shape index (κ3) is 5.38. The lowest BCUT2D eigenvalue weighted by Gasteiger charge is -2.16. The van der Waals surface area contributed by atoms with Gasteiger partial charge in [0.15, 0.2) is 11.8 Å². The van der Waals surface area contributed by atoms with E-state index in [2.05, 4.69) is 37.4 Å². The molecule has 0 fully saturated rings. The molecule has 0 aromatic carbocycles. The van der Waals surface area contributed by atoms with E-state index in [1.165, 1.54) is 11.3 Å². The fourth-order valence-corrected chi connectivity index (χ4v) is 3.28. The Bertz CT molecular complexity index is 856. The second-order valence-electron chi connectivity index (χ2n) is 6.11. The van der Waals surface area contributed by atoms with E-state index >= 15 is 0 Å². The summed E-state index contributed by atoms with van der Waals surface area (Å²) in [4.78, 5) is 21.6. The van der Waals surface area contributed by atoms with Gasteiger partial charge in [-0.3, -0.25) is 0 Å². The van der Waals surface area contributed by atoms with Crippen LogP contribution in [0.4, 0.5) is 0 Å². The van der Waals surface area contributed by atoms with Crippen molar-refractivity contribution in [3.8, 4) is 0 Å². The molecule has 152 valence electrons. The zero-order chi connectivity index (χ0) is 20.7. The molecule has 1 atom stereocenters. The van der Waals surface area contributed by atoms with E-state index in [1.54, 1.807) is 19.9 Å². The second-order valence-corrected chi connectivity index (χ2v) is 7.14. The number of carbonyl (C=O) groups is 1. The molecule has 28 heavy (non-hydrogen) atoms. The molecule has 2 aromatic rings. The molecule has 2 rings (SSSR count). The Hall–Kier alpha value is -2.75. The van der Waals surface area contributed by atoms with Crippen LogP contribution in [0.5, 0.6) is 0 Å². The van der Waals surface area contributed by atoms with E-state index < -0.39 is 0 Å². The van der Waals surface area contributed by atoms with Gasteiger partial charge in [0, 0.05) is 13.6 Å². The third-order valence-corrected chi connectivity index (χ3v) is 5.29. The molecule has 9 nitrogen and oxygen atoms in total. The summed E-state index contributed by atoms with van der Waals surface area (Å²) in [5.41, 5.74) is 0.666. The topological polar surface area (TPSA) is 106 Å². The highest BCUT2D eigenvalue weighted by Gasteiger charge is 2.20. The fraction of sp³-hybridized carbons (Fsp3) is 0.500. The molecule has 0 radical (unpaired) electrons. The van der Waals surface area contributed by atoms with Gasteiger partial charge in [0.25, 0.3) is 0 Å². The number of hydrogen-bond acceptors (Lipinski definition) is 7. The number of esters is 1. The van der Waals surface area contributed by atoms with Crippen LogP contribution in [0.2, 0.25) is 0 Å². The molecule has 2 N–H and O–H groups in total. The highest BCUT2D eigenvalue weighted by Crippen LogP contribution is 2.24. The number of carbonyl (C=O) groups excluding carboxylic acids is 1. The minimum Gasteiger partial charge on any atom is -0.462 e. The summed E-state index contributed by atoms with van der Waals surface area (Å²) in [6.45, 7) is 12.4. The van der Waals surface area contributed by atoms with Crippen LogP contribution in [0.3, 0.4) is 0 Å². The van der Waals surface area contributed by atoms with E-state index in [1.807, 2.05) is 25.5 Å². The van der Waals surface area contributed by atoms with Crippen LogP contribution in [0.1, 0.15) is 51.9 Å². The Morgan fingerprint density at radius 2 is 2.18 bits per heavy atom. The maximum absolute atomic E-state index is 12.0. The number of nitrogens with one attached hydrogen (secondary N) is 2. The lowest BCUT2D eigenvalue weighted by Crippen LogP contribution is -2.39. The molecule has 0 aliphatic heterocycles. The van der Waals surface area contributed by atoms with Crippen molar-refractivity contribution in [2.45, 2.75) is 40.3 Å². The number of thiazole rings is 1. The molecule has 2 aromatic heterocycles. The number of aliphatic imine (C=N–C) groups is 1. The maximum atomic E-state index is 12.0. The Balaban J connectivity index is 2.13. The molecule has 0 spiro atoms. The Labute approximate surface area is 169 Å². The summed E-state index contributed by atoms with van der Waals surface area (Å²) in [6.07, 6.45) is 1.75. The van der Waals surface area contributed by atoms with E-state index in [4.69, 9.17) is 4.74 Å². The van der Waals surface area contributed by atoms with Crippen LogP contribution < -0.4 is 10.6 Å². The SMILES string of the molecule is C=CCNC(=NCc1nnc(C)n1C)NC(C)c1nc(C)c(C(=O)OCC)s1. The molecular formula is C18H27N7O2S. The first-order chi connectivity index (χ1) is 13.4. The Kier molecular flexibility index (Phi) is 7.68. The summed E-state index contributed by atoms with van der Waals surface area (Å²) in [7, 11) is 1.91. The number of hydrogen-bond donors (Lipinski definition) is 2. The third-order valence-electron chi connectivity index (χ3n) is 3.97. The van der Waals surface area contributed by atoms with E-state index in [0.29, 0.717) is 36.2 Å². The largest absolute Gasteiger partial charge is 0.462 e. The van der Waals surface area contributed by atoms with Crippen molar-refractivity contribution in [1.29, 1.82) is 0 Å². The van der Waals surface area contributed by atoms with Crippen LogP contribution in [-0.2, 0) is 18.3 Å². The van der Waals surface area contributed by atoms with Gasteiger partial charge in [0.1, 0.15) is 22.3 Å². The molecule has 1 unspecified atom stereocenters. The van der Waals surface area contributed by atoms with Crippen molar-refractivity contribution in [2.75, 3.05) is 13.2 Å². The van der Waals surface area contributed by atoms with Crippen LogP contribution in [0, 0.1) is 13.8 Å². The molecule has 0 aliphatic rings. The minimum atomic E-state index is -0.340. The van der Waals surface area contributed by atoms with Crippen LogP contribution in [-0.4, -0.2) is 44.8 Å². The van der Waals surface area contributed by atoms with Gasteiger partial charge in [0.05, 0.1) is 18.3 Å². The van der Waals surface area contributed by atoms with Crippen molar-refractivity contribution in [1.82, 2.24) is 30.4 Å². The Morgan fingerprint density at radius 1 is 1.43 bits per heavy atom. The molecule has 0 saturated heterocycles. The molecule has 0 amide bonds. The quantitative estimate of drug-likeness (QED) is 0.300. The van der Waals surface area contributed by atoms with Crippen molar-refractivity contribution >= 4 is 23.3 Å². The first-order valence-electron chi connectivity index (χ1n) is 9.02. The monoisotopic (exact) mass is 405 g/mol. The predicted molar refractivity (Wildman–Crippen MR) is 109 cm³/mol. The zero-order valence-electron chi connectivity index (χ0n) is 16.9. The maximum Gasteiger partial charge on any atom is 0.350 e. The summed E-state index contributed by atoms with van der Waals surface area (Å²) < 4.78 is 6.98. The smallest absolute Gasteiger partial charge is 0.350 e. The van der Waals surface area contributed by atoms with Crippen molar-refractivity contribution in [3.05, 3.63) is 39.9 Å². The average Bonchev–Trinajstić information content (AvgIpc) is 3.21. The molecule has 2 heterocycles. The van der Waals surface area contributed by atoms with Gasteiger partial charge in [0.2, 0.25) is 0 Å². The van der Waals surface area contributed by atoms with Gasteiger partial charge >= 0.3 is 5.97 Å². The van der Waals surface area contributed by atoms with Crippen molar-refractivity contribution < 1.29 is 9.53 Å². The highest BCUT2D eigenvalue weighted by molar-refractivity contribution is 7.13. The number of aryl methyl sites for hydroxylation is 2. The van der Waals surface area contributed by atoms with Crippen LogP contribution in [0.25, 0.3) is 0 Å². The fourth-order valence-electron chi connectivity index (χ4n) is 2.32. The molecule has 0 aliphatic carbocycles. The Morgan fingerprint density at radius 3 is 2.79 bits per heavy atom. The van der Waals surface area contributed by atoms with Crippen molar-refractivity contribution in [3.63, 3.8) is 0 Å². The van der Waals surface area contributed by atoms with Gasteiger partial charge in [-0.1, -0.05) is 6.08 Å². The molecular weight excluding hydrogens is 378 g/mol. The van der Waals surface area contributed by atoms with Crippen LogP contribution in [0.15, 0.2) is 17.6 Å². The first-order valence-corrected chi connectivity index (χ1v) is 9.84. The molecule has 0 saturated carbocycles. The summed E-state index contributed by atoms with van der Waals surface area (Å²) in [5.74, 6) is 1.85. The highest BCUT2D eigenvalue weighted by atomic mass is 32.1. The number of ether oxygens (including phenoxy) is 1. The van der Waals surface area contributed by atoms with E-state index in [9.17, 15) is 4.79 Å². The molecule has 0 bridgehead atoms. The minimum absolute atomic E-state index is 0.149. The lowest BCUT2D eigenvalue weighted by molar-refractivity contribution is 0.0531. The molecule has 10 heteroatoms. The lowest BCUT2D eigenvalue weighted by atomic mass is 10.3. The summed E-state index contributed by atoms with van der Waals surface area (Å²) in [6, 6.07) is -0.149. The van der Waals surface area contributed by atoms with Gasteiger partial charge < -0.3 is 19.9 Å². The number of aromatic nitrogens is 4. The normalized spacial score (nSPS) is 12.5. The zero-order valence-corrected chi connectivity index (χ0v) is 17.8. The van der Waals surface area contributed by atoms with Gasteiger partial charge in [-0.15, -0.1) is 28.1 Å². The first kappa shape index (κ1) is 21.5. The number of nitrogens with zero attached hydrogens (tertiary/aromatic N) is 5. The standard InChI is InChI=1S/C18H27N7O2S/c1-7-9-19-18(20-10-14-24-23-13(5)25(14)6)22-12(4)16-21-11(3)15(28-16)17(26)27-8-2/h7,12H,1,8-10H2,2-6H3,(H2,19,20,22). The van der Waals surface area contributed by atoms with Gasteiger partial charge in [-0.2, -0.15) is 0 Å². The van der Waals surface area contributed by atoms with E-state index in [-0.39, 0.29) is 12.0 Å². The predicted octanol–water partition coefficient (Wildman–Crippen LogP) is 2.05. The second kappa shape index (κ2) is 9.98. The van der Waals surface area contributed by atoms with E-state index in [0.717, 1.165) is 16.7 Å². The average molecular weight is 406 g/mol. The number of rotatable bonds is 8. The summed E-state index contributed by atoms with van der Waals surface area (Å²) in [5, 5.41) is 15.4. The number of guanidine groups is 1. The van der Waals surface area contributed by atoms with Gasteiger partial charge in [-0.25, -0.2) is 14.8 Å². The van der Waals surface area contributed by atoms with Crippen molar-refractivity contribution in [2.24, 2.45) is 12.0 Å². The summed E-state index contributed by atoms with van der Waals surface area (Å²) >= 11 is 1.32.